The Hall–Kier alpha value is -2.37. The van der Waals surface area contributed by atoms with Crippen molar-refractivity contribution in [2.75, 3.05) is 13.6 Å². The van der Waals surface area contributed by atoms with Crippen molar-refractivity contribution in [2.24, 2.45) is 5.10 Å². The Morgan fingerprint density at radius 3 is 2.39 bits per heavy atom. The molecule has 1 atom stereocenters. The molecule has 0 spiro atoms. The van der Waals surface area contributed by atoms with Crippen molar-refractivity contribution >= 4 is 40.7 Å². The Bertz CT molecular complexity index is 929. The molecule has 2 aromatic carbocycles. The molecule has 2 amide bonds. The molecule has 5 nitrogen and oxygen atoms in total. The molecule has 3 rings (SSSR count). The summed E-state index contributed by atoms with van der Waals surface area (Å²) in [5.41, 5.74) is 2.32. The summed E-state index contributed by atoms with van der Waals surface area (Å²) >= 11 is 12.7. The van der Waals surface area contributed by atoms with Crippen LogP contribution in [-0.4, -0.2) is 41.0 Å². The third kappa shape index (κ3) is 4.21. The molecule has 0 radical (unpaired) electrons. The number of hydrazone groups is 1. The highest BCUT2D eigenvalue weighted by Crippen LogP contribution is 2.37. The average molecular weight is 418 g/mol. The smallest absolute Gasteiger partial charge is 0.262 e. The summed E-state index contributed by atoms with van der Waals surface area (Å²) in [6.07, 6.45) is 0.830. The molecular formula is C21H21Cl2N3O2. The lowest BCUT2D eigenvalue weighted by Gasteiger charge is -2.25. The summed E-state index contributed by atoms with van der Waals surface area (Å²) in [6.45, 7) is 1.71. The van der Waals surface area contributed by atoms with Gasteiger partial charge in [0.15, 0.2) is 0 Å². The lowest BCUT2D eigenvalue weighted by molar-refractivity contribution is -0.140. The third-order valence-electron chi connectivity index (χ3n) is 4.72. The minimum Gasteiger partial charge on any atom is -0.336 e. The maximum atomic E-state index is 13.0. The first-order chi connectivity index (χ1) is 13.4. The van der Waals surface area contributed by atoms with Crippen LogP contribution in [0, 0.1) is 0 Å². The quantitative estimate of drug-likeness (QED) is 0.716. The van der Waals surface area contributed by atoms with Crippen molar-refractivity contribution in [3.05, 3.63) is 69.7 Å². The minimum absolute atomic E-state index is 0.0487. The summed E-state index contributed by atoms with van der Waals surface area (Å²) in [4.78, 5) is 26.3. The van der Waals surface area contributed by atoms with Crippen LogP contribution in [0.25, 0.3) is 0 Å². The fourth-order valence-corrected chi connectivity index (χ4v) is 3.73. The van der Waals surface area contributed by atoms with E-state index in [1.165, 1.54) is 9.91 Å². The summed E-state index contributed by atoms with van der Waals surface area (Å²) in [5.74, 6) is -0.367. The van der Waals surface area contributed by atoms with Crippen LogP contribution in [0.1, 0.15) is 36.9 Å². The zero-order valence-corrected chi connectivity index (χ0v) is 17.2. The Kier molecular flexibility index (Phi) is 6.37. The van der Waals surface area contributed by atoms with Crippen LogP contribution in [0.5, 0.6) is 0 Å². The van der Waals surface area contributed by atoms with Gasteiger partial charge in [-0.1, -0.05) is 66.5 Å². The molecule has 1 aliphatic heterocycles. The first-order valence-electron chi connectivity index (χ1n) is 9.05. The van der Waals surface area contributed by atoms with Gasteiger partial charge in [-0.25, -0.2) is 5.01 Å². The number of benzene rings is 2. The fraction of sp³-hybridized carbons (Fsp3) is 0.286. The molecule has 0 saturated heterocycles. The largest absolute Gasteiger partial charge is 0.336 e. The maximum Gasteiger partial charge on any atom is 0.262 e. The van der Waals surface area contributed by atoms with E-state index in [-0.39, 0.29) is 24.4 Å². The monoisotopic (exact) mass is 417 g/mol. The molecule has 146 valence electrons. The molecule has 28 heavy (non-hydrogen) atoms. The van der Waals surface area contributed by atoms with Gasteiger partial charge >= 0.3 is 0 Å². The Labute approximate surface area is 174 Å². The highest BCUT2D eigenvalue weighted by Gasteiger charge is 2.35. The predicted octanol–water partition coefficient (Wildman–Crippen LogP) is 4.54. The fourth-order valence-electron chi connectivity index (χ4n) is 3.22. The number of amides is 2. The van der Waals surface area contributed by atoms with E-state index in [0.717, 1.165) is 11.1 Å². The molecule has 0 saturated carbocycles. The molecule has 2 aromatic rings. The van der Waals surface area contributed by atoms with E-state index >= 15 is 0 Å². The average Bonchev–Trinajstić information content (AvgIpc) is 3.13. The summed E-state index contributed by atoms with van der Waals surface area (Å²) in [7, 11) is 1.61. The molecular weight excluding hydrogens is 397 g/mol. The van der Waals surface area contributed by atoms with E-state index in [2.05, 4.69) is 5.10 Å². The van der Waals surface area contributed by atoms with Gasteiger partial charge in [0.25, 0.3) is 5.91 Å². The number of likely N-dealkylation sites (N-methyl/N-ethyl adjacent to an activating group) is 1. The maximum absolute atomic E-state index is 13.0. The van der Waals surface area contributed by atoms with E-state index in [0.29, 0.717) is 28.6 Å². The molecule has 0 unspecified atom stereocenters. The summed E-state index contributed by atoms with van der Waals surface area (Å²) in [5, 5.41) is 7.15. The van der Waals surface area contributed by atoms with Crippen molar-refractivity contribution in [1.29, 1.82) is 0 Å². The molecule has 0 N–H and O–H groups in total. The highest BCUT2D eigenvalue weighted by molar-refractivity contribution is 6.34. The van der Waals surface area contributed by atoms with Crippen LogP contribution in [-0.2, 0) is 9.59 Å². The SMILES string of the molecule is CCC(=O)N(C)CC(=O)N1N=C(c2ccccc2Cl)C[C@@H]1c1ccccc1Cl. The molecule has 7 heteroatoms. The van der Waals surface area contributed by atoms with Crippen LogP contribution < -0.4 is 0 Å². The number of nitrogens with zero attached hydrogens (tertiary/aromatic N) is 3. The number of rotatable bonds is 5. The molecule has 1 heterocycles. The molecule has 0 aliphatic carbocycles. The number of carbonyl (C=O) groups is 2. The van der Waals surface area contributed by atoms with E-state index in [4.69, 9.17) is 23.2 Å². The minimum atomic E-state index is -0.349. The molecule has 0 bridgehead atoms. The van der Waals surface area contributed by atoms with Crippen molar-refractivity contribution in [3.63, 3.8) is 0 Å². The Morgan fingerprint density at radius 1 is 1.11 bits per heavy atom. The standard InChI is InChI=1S/C21H21Cl2N3O2/c1-3-20(27)25(2)13-21(28)26-19(15-9-5-7-11-17(15)23)12-18(24-26)14-8-4-6-10-16(14)22/h4-11,19H,3,12-13H2,1-2H3/t19-/m1/s1. The van der Waals surface area contributed by atoms with Gasteiger partial charge in [0.05, 0.1) is 11.8 Å². The second kappa shape index (κ2) is 8.76. The second-order valence-corrected chi connectivity index (χ2v) is 7.42. The zero-order valence-electron chi connectivity index (χ0n) is 15.7. The first-order valence-corrected chi connectivity index (χ1v) is 9.80. The van der Waals surface area contributed by atoms with Crippen LogP contribution in [0.4, 0.5) is 0 Å². The van der Waals surface area contributed by atoms with E-state index < -0.39 is 0 Å². The van der Waals surface area contributed by atoms with Gasteiger partial charge in [-0.3, -0.25) is 9.59 Å². The van der Waals surface area contributed by atoms with Crippen molar-refractivity contribution in [3.8, 4) is 0 Å². The zero-order chi connectivity index (χ0) is 20.3. The van der Waals surface area contributed by atoms with Gasteiger partial charge in [0, 0.05) is 35.5 Å². The van der Waals surface area contributed by atoms with Gasteiger partial charge in [-0.2, -0.15) is 5.10 Å². The van der Waals surface area contributed by atoms with Gasteiger partial charge in [-0.15, -0.1) is 0 Å². The number of hydrogen-bond acceptors (Lipinski definition) is 3. The first kappa shape index (κ1) is 20.4. The second-order valence-electron chi connectivity index (χ2n) is 6.61. The van der Waals surface area contributed by atoms with Crippen molar-refractivity contribution in [1.82, 2.24) is 9.91 Å². The summed E-state index contributed by atoms with van der Waals surface area (Å²) < 4.78 is 0. The van der Waals surface area contributed by atoms with Gasteiger partial charge in [-0.05, 0) is 17.7 Å². The van der Waals surface area contributed by atoms with Crippen molar-refractivity contribution in [2.45, 2.75) is 25.8 Å². The highest BCUT2D eigenvalue weighted by atomic mass is 35.5. The normalized spacial score (nSPS) is 16.1. The molecule has 1 aliphatic rings. The lowest BCUT2D eigenvalue weighted by atomic mass is 9.98. The predicted molar refractivity (Wildman–Crippen MR) is 112 cm³/mol. The molecule has 0 aromatic heterocycles. The van der Waals surface area contributed by atoms with Gasteiger partial charge < -0.3 is 4.90 Å². The van der Waals surface area contributed by atoms with Gasteiger partial charge in [0.2, 0.25) is 5.91 Å². The third-order valence-corrected chi connectivity index (χ3v) is 5.39. The van der Waals surface area contributed by atoms with Crippen molar-refractivity contribution < 1.29 is 9.59 Å². The topological polar surface area (TPSA) is 53.0 Å². The van der Waals surface area contributed by atoms with Gasteiger partial charge in [0.1, 0.15) is 6.54 Å². The van der Waals surface area contributed by atoms with Crippen LogP contribution in [0.3, 0.4) is 0 Å². The lowest BCUT2D eigenvalue weighted by Crippen LogP contribution is -2.39. The number of halogens is 2. The van der Waals surface area contributed by atoms with E-state index in [9.17, 15) is 9.59 Å². The Morgan fingerprint density at radius 2 is 1.75 bits per heavy atom. The van der Waals surface area contributed by atoms with Crippen LogP contribution >= 0.6 is 23.2 Å². The Balaban J connectivity index is 1.95. The number of hydrogen-bond donors (Lipinski definition) is 0. The van der Waals surface area contributed by atoms with Crippen LogP contribution in [0.15, 0.2) is 53.6 Å². The molecule has 0 fully saturated rings. The summed E-state index contributed by atoms with van der Waals surface area (Å²) in [6, 6.07) is 14.5. The van der Waals surface area contributed by atoms with Crippen LogP contribution in [0.2, 0.25) is 10.0 Å². The van der Waals surface area contributed by atoms with E-state index in [1.54, 1.807) is 26.1 Å². The van der Waals surface area contributed by atoms with E-state index in [1.807, 2.05) is 36.4 Å². The number of carbonyl (C=O) groups excluding carboxylic acids is 2.